The highest BCUT2D eigenvalue weighted by Crippen LogP contribution is 2.36. The number of rotatable bonds is 4. The first-order valence-corrected chi connectivity index (χ1v) is 15.4. The lowest BCUT2D eigenvalue weighted by atomic mass is 9.77. The van der Waals surface area contributed by atoms with Gasteiger partial charge in [0.25, 0.3) is 0 Å². The van der Waals surface area contributed by atoms with E-state index in [0.717, 1.165) is 77.5 Å². The van der Waals surface area contributed by atoms with E-state index >= 15 is 0 Å². The van der Waals surface area contributed by atoms with Crippen LogP contribution in [0.3, 0.4) is 0 Å². The van der Waals surface area contributed by atoms with Gasteiger partial charge in [-0.3, -0.25) is 9.97 Å². The third-order valence-corrected chi connectivity index (χ3v) is 9.10. The van der Waals surface area contributed by atoms with Crippen LogP contribution >= 0.6 is 0 Å². The minimum atomic E-state index is -0.217. The number of aryl methyl sites for hydroxylation is 2. The number of aromatic nitrogens is 4. The Balaban J connectivity index is 1.14. The van der Waals surface area contributed by atoms with Crippen LogP contribution < -0.4 is 0 Å². The van der Waals surface area contributed by atoms with Gasteiger partial charge in [0.1, 0.15) is 0 Å². The van der Waals surface area contributed by atoms with Gasteiger partial charge in [-0.25, -0.2) is 9.97 Å². The smallest absolute Gasteiger partial charge is 0.0972 e. The van der Waals surface area contributed by atoms with Crippen LogP contribution in [0.25, 0.3) is 66.1 Å². The molecule has 216 valence electrons. The molecule has 0 unspecified atom stereocenters. The topological polar surface area (TPSA) is 51.6 Å². The van der Waals surface area contributed by atoms with Crippen molar-refractivity contribution in [3.05, 3.63) is 144 Å². The molecule has 45 heavy (non-hydrogen) atoms. The Labute approximate surface area is 262 Å². The van der Waals surface area contributed by atoms with Gasteiger partial charge in [-0.05, 0) is 55.3 Å². The molecule has 0 aliphatic rings. The molecule has 4 nitrogen and oxygen atoms in total. The van der Waals surface area contributed by atoms with Crippen molar-refractivity contribution in [2.45, 2.75) is 33.1 Å². The van der Waals surface area contributed by atoms with Gasteiger partial charge in [0.2, 0.25) is 0 Å². The summed E-state index contributed by atoms with van der Waals surface area (Å²) in [5.74, 6) is 0. The van der Waals surface area contributed by atoms with Gasteiger partial charge in [0, 0.05) is 49.5 Å². The second-order valence-electron chi connectivity index (χ2n) is 12.5. The first kappa shape index (κ1) is 27.1. The van der Waals surface area contributed by atoms with E-state index in [-0.39, 0.29) is 5.41 Å². The van der Waals surface area contributed by atoms with Gasteiger partial charge in [0.05, 0.1) is 33.5 Å². The van der Waals surface area contributed by atoms with E-state index in [4.69, 9.17) is 19.9 Å². The van der Waals surface area contributed by atoms with Crippen molar-refractivity contribution < 1.29 is 0 Å². The summed E-state index contributed by atoms with van der Waals surface area (Å²) in [5, 5.41) is 4.41. The van der Waals surface area contributed by atoms with Crippen molar-refractivity contribution >= 4 is 43.6 Å². The van der Waals surface area contributed by atoms with Crippen LogP contribution in [0.1, 0.15) is 36.4 Å². The van der Waals surface area contributed by atoms with Crippen molar-refractivity contribution in [1.82, 2.24) is 19.9 Å². The Hall–Kier alpha value is -5.48. The monoisotopic (exact) mass is 580 g/mol. The van der Waals surface area contributed by atoms with Crippen LogP contribution in [0.4, 0.5) is 0 Å². The van der Waals surface area contributed by atoms with Crippen LogP contribution in [0.5, 0.6) is 0 Å². The molecule has 4 aromatic carbocycles. The summed E-state index contributed by atoms with van der Waals surface area (Å²) in [4.78, 5) is 19.8. The number of fused-ring (bicyclic) bond motifs is 6. The van der Waals surface area contributed by atoms with E-state index in [1.165, 1.54) is 11.1 Å². The predicted octanol–water partition coefficient (Wildman–Crippen LogP) is 10.2. The van der Waals surface area contributed by atoms with Crippen molar-refractivity contribution in [2.24, 2.45) is 0 Å². The molecule has 0 saturated carbocycles. The minimum absolute atomic E-state index is 0.217. The minimum Gasteiger partial charge on any atom is -0.251 e. The Morgan fingerprint density at radius 3 is 1.38 bits per heavy atom. The summed E-state index contributed by atoms with van der Waals surface area (Å²) >= 11 is 0. The Kier molecular flexibility index (Phi) is 6.21. The van der Waals surface area contributed by atoms with Crippen molar-refractivity contribution in [3.63, 3.8) is 0 Å². The number of hydrogen-bond acceptors (Lipinski definition) is 4. The van der Waals surface area contributed by atoms with E-state index in [2.05, 4.69) is 129 Å². The predicted molar refractivity (Wildman–Crippen MR) is 187 cm³/mol. The van der Waals surface area contributed by atoms with E-state index in [9.17, 15) is 0 Å². The molecule has 0 aliphatic carbocycles. The molecule has 0 N–H and O–H groups in total. The summed E-state index contributed by atoms with van der Waals surface area (Å²) in [6.45, 7) is 8.61. The number of hydrogen-bond donors (Lipinski definition) is 0. The number of pyridine rings is 4. The molecule has 0 radical (unpaired) electrons. The molecule has 4 aromatic heterocycles. The van der Waals surface area contributed by atoms with Crippen molar-refractivity contribution in [3.8, 4) is 22.5 Å². The molecule has 0 saturated heterocycles. The normalized spacial score (nSPS) is 12.0. The molecule has 0 fully saturated rings. The van der Waals surface area contributed by atoms with Gasteiger partial charge in [-0.1, -0.05) is 105 Å². The maximum Gasteiger partial charge on any atom is 0.0972 e. The average molecular weight is 581 g/mol. The highest BCUT2D eigenvalue weighted by Gasteiger charge is 2.24. The molecule has 8 aromatic rings. The second-order valence-corrected chi connectivity index (χ2v) is 12.5. The highest BCUT2D eigenvalue weighted by atomic mass is 14.8. The van der Waals surface area contributed by atoms with Gasteiger partial charge in [-0.2, -0.15) is 0 Å². The Morgan fingerprint density at radius 2 is 0.844 bits per heavy atom. The third-order valence-electron chi connectivity index (χ3n) is 9.10. The second kappa shape index (κ2) is 10.3. The fourth-order valence-electron chi connectivity index (χ4n) is 6.34. The van der Waals surface area contributed by atoms with E-state index in [0.29, 0.717) is 0 Å². The molecule has 4 heteroatoms. The van der Waals surface area contributed by atoms with Crippen LogP contribution in [0.15, 0.2) is 121 Å². The summed E-state index contributed by atoms with van der Waals surface area (Å²) in [6, 6.07) is 42.9. The molecule has 0 aliphatic heterocycles. The maximum absolute atomic E-state index is 5.13. The Bertz CT molecular complexity index is 2420. The van der Waals surface area contributed by atoms with Crippen LogP contribution in [-0.4, -0.2) is 19.9 Å². The van der Waals surface area contributed by atoms with E-state index in [1.807, 2.05) is 19.9 Å². The van der Waals surface area contributed by atoms with Crippen molar-refractivity contribution in [1.29, 1.82) is 0 Å². The zero-order valence-corrected chi connectivity index (χ0v) is 25.8. The first-order chi connectivity index (χ1) is 21.8. The lowest BCUT2D eigenvalue weighted by Gasteiger charge is -2.27. The average Bonchev–Trinajstić information content (AvgIpc) is 3.07. The van der Waals surface area contributed by atoms with Gasteiger partial charge >= 0.3 is 0 Å². The summed E-state index contributed by atoms with van der Waals surface area (Å²) in [6.07, 6.45) is 0. The summed E-state index contributed by atoms with van der Waals surface area (Å²) < 4.78 is 0. The summed E-state index contributed by atoms with van der Waals surface area (Å²) in [5.41, 5.74) is 12.1. The lowest BCUT2D eigenvalue weighted by Crippen LogP contribution is -2.18. The van der Waals surface area contributed by atoms with Crippen LogP contribution in [0, 0.1) is 13.8 Å². The quantitative estimate of drug-likeness (QED) is 0.194. The van der Waals surface area contributed by atoms with Gasteiger partial charge < -0.3 is 0 Å². The fraction of sp³-hybridized carbons (Fsp3) is 0.122. The SMILES string of the molecule is Cc1ccc2ccc3ccc(-c4ccc(C(C)(C)c5cccc(-c6ccc7ccc8ccc(C)nc8c7n6)c5)cc4)nc3c2n1. The third kappa shape index (κ3) is 4.70. The lowest BCUT2D eigenvalue weighted by molar-refractivity contribution is 0.641. The standard InChI is InChI=1S/C41H32N4/c1-25-8-10-28-12-14-30-18-22-35(44-39(30)37(28)42-25)27-16-20-33(21-17-27)41(3,4)34-7-5-6-32(24-34)36-23-19-31-15-13-29-11-9-26(2)43-38(29)40(31)45-36/h5-24H,1-4H3. The molecular weight excluding hydrogens is 548 g/mol. The Morgan fingerprint density at radius 1 is 0.400 bits per heavy atom. The van der Waals surface area contributed by atoms with E-state index < -0.39 is 0 Å². The first-order valence-electron chi connectivity index (χ1n) is 15.4. The van der Waals surface area contributed by atoms with Crippen LogP contribution in [-0.2, 0) is 5.41 Å². The largest absolute Gasteiger partial charge is 0.251 e. The molecule has 4 heterocycles. The molecule has 0 spiro atoms. The molecule has 0 bridgehead atoms. The van der Waals surface area contributed by atoms with Gasteiger partial charge in [0.15, 0.2) is 0 Å². The number of benzene rings is 4. The summed E-state index contributed by atoms with van der Waals surface area (Å²) in [7, 11) is 0. The molecule has 8 rings (SSSR count). The maximum atomic E-state index is 5.13. The van der Waals surface area contributed by atoms with E-state index in [1.54, 1.807) is 0 Å². The molecular formula is C41H32N4. The van der Waals surface area contributed by atoms with Gasteiger partial charge in [-0.15, -0.1) is 0 Å². The zero-order chi connectivity index (χ0) is 30.7. The molecule has 0 amide bonds. The number of nitrogens with zero attached hydrogens (tertiary/aromatic N) is 4. The fourth-order valence-corrected chi connectivity index (χ4v) is 6.34. The zero-order valence-electron chi connectivity index (χ0n) is 25.8. The van der Waals surface area contributed by atoms with Crippen molar-refractivity contribution in [2.75, 3.05) is 0 Å². The highest BCUT2D eigenvalue weighted by molar-refractivity contribution is 6.04. The molecule has 0 atom stereocenters. The van der Waals surface area contributed by atoms with Crippen LogP contribution in [0.2, 0.25) is 0 Å².